The van der Waals surface area contributed by atoms with Gasteiger partial charge in [0.15, 0.2) is 0 Å². The number of hydrogen-bond acceptors (Lipinski definition) is 3. The molecule has 3 rings (SSSR count). The molecule has 134 valence electrons. The molecule has 24 heavy (non-hydrogen) atoms. The Balaban J connectivity index is 1.44. The molecule has 0 saturated heterocycles. The van der Waals surface area contributed by atoms with Crippen molar-refractivity contribution in [2.75, 3.05) is 19.7 Å². The number of aliphatic hydroxyl groups is 1. The standard InChI is InChI=1S/C21H33NO2/c1-16-10-20(12-21(2,3)11-16)24-15-19(23)14-22-9-8-17-6-4-5-7-18(17)13-22/h4-7,16,19-20,23H,8-15H2,1-3H3. The van der Waals surface area contributed by atoms with E-state index in [1.165, 1.54) is 17.5 Å². The van der Waals surface area contributed by atoms with Gasteiger partial charge in [0.1, 0.15) is 0 Å². The van der Waals surface area contributed by atoms with E-state index < -0.39 is 6.10 Å². The van der Waals surface area contributed by atoms with Crippen LogP contribution in [0.25, 0.3) is 0 Å². The second kappa shape index (κ2) is 7.55. The van der Waals surface area contributed by atoms with Gasteiger partial charge in [0.2, 0.25) is 0 Å². The van der Waals surface area contributed by atoms with Crippen molar-refractivity contribution in [1.82, 2.24) is 4.90 Å². The monoisotopic (exact) mass is 331 g/mol. The number of aliphatic hydroxyl groups excluding tert-OH is 1. The molecule has 1 N–H and O–H groups in total. The predicted molar refractivity (Wildman–Crippen MR) is 98.0 cm³/mol. The maximum absolute atomic E-state index is 10.4. The molecule has 3 nitrogen and oxygen atoms in total. The molecular formula is C21H33NO2. The first-order chi connectivity index (χ1) is 11.4. The first-order valence-electron chi connectivity index (χ1n) is 9.50. The normalized spacial score (nSPS) is 28.3. The van der Waals surface area contributed by atoms with Crippen LogP contribution >= 0.6 is 0 Å². The molecule has 1 aliphatic heterocycles. The predicted octanol–water partition coefficient (Wildman–Crippen LogP) is 3.64. The zero-order chi connectivity index (χ0) is 17.2. The van der Waals surface area contributed by atoms with Crippen molar-refractivity contribution >= 4 is 0 Å². The third-order valence-corrected chi connectivity index (χ3v) is 5.55. The molecule has 3 unspecified atom stereocenters. The van der Waals surface area contributed by atoms with E-state index in [9.17, 15) is 5.11 Å². The molecule has 1 aromatic rings. The number of hydrogen-bond donors (Lipinski definition) is 1. The summed E-state index contributed by atoms with van der Waals surface area (Å²) in [5.74, 6) is 0.717. The summed E-state index contributed by atoms with van der Waals surface area (Å²) in [6, 6.07) is 8.64. The number of benzene rings is 1. The summed E-state index contributed by atoms with van der Waals surface area (Å²) in [4.78, 5) is 2.35. The second-order valence-corrected chi connectivity index (χ2v) is 8.78. The summed E-state index contributed by atoms with van der Waals surface area (Å²) in [5.41, 5.74) is 3.22. The van der Waals surface area contributed by atoms with Crippen molar-refractivity contribution in [3.8, 4) is 0 Å². The molecule has 0 aromatic heterocycles. The fraction of sp³-hybridized carbons (Fsp3) is 0.714. The molecule has 1 saturated carbocycles. The summed E-state index contributed by atoms with van der Waals surface area (Å²) in [6.07, 6.45) is 4.52. The van der Waals surface area contributed by atoms with E-state index in [4.69, 9.17) is 4.74 Å². The number of nitrogens with zero attached hydrogens (tertiary/aromatic N) is 1. The lowest BCUT2D eigenvalue weighted by Crippen LogP contribution is -2.40. The average molecular weight is 332 g/mol. The zero-order valence-electron chi connectivity index (χ0n) is 15.5. The molecule has 2 aliphatic rings. The number of ether oxygens (including phenoxy) is 1. The molecule has 0 spiro atoms. The van der Waals surface area contributed by atoms with E-state index in [2.05, 4.69) is 49.9 Å². The molecule has 1 aliphatic carbocycles. The SMILES string of the molecule is CC1CC(OCC(O)CN2CCc3ccccc3C2)CC(C)(C)C1. The van der Waals surface area contributed by atoms with E-state index in [1.807, 2.05) is 0 Å². The van der Waals surface area contributed by atoms with Crippen LogP contribution in [0.2, 0.25) is 0 Å². The zero-order valence-corrected chi connectivity index (χ0v) is 15.5. The van der Waals surface area contributed by atoms with Gasteiger partial charge >= 0.3 is 0 Å². The van der Waals surface area contributed by atoms with Crippen molar-refractivity contribution in [2.45, 2.75) is 65.2 Å². The first-order valence-corrected chi connectivity index (χ1v) is 9.50. The lowest BCUT2D eigenvalue weighted by atomic mass is 9.71. The Hall–Kier alpha value is -0.900. The van der Waals surface area contributed by atoms with Gasteiger partial charge in [-0.25, -0.2) is 0 Å². The van der Waals surface area contributed by atoms with Crippen LogP contribution in [0.3, 0.4) is 0 Å². The maximum atomic E-state index is 10.4. The highest BCUT2D eigenvalue weighted by Gasteiger charge is 2.32. The van der Waals surface area contributed by atoms with E-state index in [0.717, 1.165) is 38.3 Å². The molecule has 0 bridgehead atoms. The highest BCUT2D eigenvalue weighted by atomic mass is 16.5. The summed E-state index contributed by atoms with van der Waals surface area (Å²) in [6.45, 7) is 10.1. The van der Waals surface area contributed by atoms with Crippen LogP contribution < -0.4 is 0 Å². The number of rotatable bonds is 5. The van der Waals surface area contributed by atoms with Crippen molar-refractivity contribution < 1.29 is 9.84 Å². The van der Waals surface area contributed by atoms with Crippen LogP contribution in [-0.4, -0.2) is 41.9 Å². The minimum Gasteiger partial charge on any atom is -0.389 e. The molecule has 1 heterocycles. The van der Waals surface area contributed by atoms with Crippen molar-refractivity contribution in [3.05, 3.63) is 35.4 Å². The smallest absolute Gasteiger partial charge is 0.0900 e. The Morgan fingerprint density at radius 2 is 2.00 bits per heavy atom. The second-order valence-electron chi connectivity index (χ2n) is 8.78. The van der Waals surface area contributed by atoms with Gasteiger partial charge in [0, 0.05) is 19.6 Å². The van der Waals surface area contributed by atoms with Gasteiger partial charge in [-0.3, -0.25) is 4.90 Å². The third kappa shape index (κ3) is 4.81. The largest absolute Gasteiger partial charge is 0.389 e. The molecule has 3 heteroatoms. The molecule has 1 fully saturated rings. The van der Waals surface area contributed by atoms with Gasteiger partial charge in [0.05, 0.1) is 18.8 Å². The molecular weight excluding hydrogens is 298 g/mol. The van der Waals surface area contributed by atoms with Crippen molar-refractivity contribution in [1.29, 1.82) is 0 Å². The van der Waals surface area contributed by atoms with Crippen LogP contribution in [0, 0.1) is 11.3 Å². The Labute approximate surface area is 147 Å². The summed E-state index contributed by atoms with van der Waals surface area (Å²) in [5, 5.41) is 10.4. The van der Waals surface area contributed by atoms with Crippen molar-refractivity contribution in [3.63, 3.8) is 0 Å². The number of fused-ring (bicyclic) bond motifs is 1. The fourth-order valence-electron chi connectivity index (χ4n) is 4.69. The van der Waals surface area contributed by atoms with Gasteiger partial charge in [-0.2, -0.15) is 0 Å². The van der Waals surface area contributed by atoms with Gasteiger partial charge < -0.3 is 9.84 Å². The quantitative estimate of drug-likeness (QED) is 0.894. The van der Waals surface area contributed by atoms with Crippen LogP contribution in [0.1, 0.15) is 51.2 Å². The highest BCUT2D eigenvalue weighted by molar-refractivity contribution is 5.29. The average Bonchev–Trinajstić information content (AvgIpc) is 2.51. The van der Waals surface area contributed by atoms with E-state index in [1.54, 1.807) is 0 Å². The molecule has 0 amide bonds. The summed E-state index contributed by atoms with van der Waals surface area (Å²) < 4.78 is 6.09. The molecule has 3 atom stereocenters. The van der Waals surface area contributed by atoms with Gasteiger partial charge in [-0.05, 0) is 48.1 Å². The lowest BCUT2D eigenvalue weighted by Gasteiger charge is -2.39. The first kappa shape index (κ1) is 17.9. The molecule has 1 aromatic carbocycles. The van der Waals surface area contributed by atoms with Crippen LogP contribution in [0.4, 0.5) is 0 Å². The fourth-order valence-corrected chi connectivity index (χ4v) is 4.69. The highest BCUT2D eigenvalue weighted by Crippen LogP contribution is 2.39. The lowest BCUT2D eigenvalue weighted by molar-refractivity contribution is -0.0620. The Kier molecular flexibility index (Phi) is 5.63. The van der Waals surface area contributed by atoms with Crippen LogP contribution in [0.5, 0.6) is 0 Å². The third-order valence-electron chi connectivity index (χ3n) is 5.55. The van der Waals surface area contributed by atoms with Gasteiger partial charge in [-0.1, -0.05) is 45.0 Å². The Bertz CT molecular complexity index is 542. The maximum Gasteiger partial charge on any atom is 0.0900 e. The van der Waals surface area contributed by atoms with E-state index in [0.29, 0.717) is 24.7 Å². The van der Waals surface area contributed by atoms with Crippen molar-refractivity contribution in [2.24, 2.45) is 11.3 Å². The Morgan fingerprint density at radius 1 is 1.25 bits per heavy atom. The Morgan fingerprint density at radius 3 is 2.75 bits per heavy atom. The van der Waals surface area contributed by atoms with Gasteiger partial charge in [0.25, 0.3) is 0 Å². The van der Waals surface area contributed by atoms with E-state index >= 15 is 0 Å². The minimum absolute atomic E-state index is 0.306. The van der Waals surface area contributed by atoms with Crippen LogP contribution in [-0.2, 0) is 17.7 Å². The van der Waals surface area contributed by atoms with Gasteiger partial charge in [-0.15, -0.1) is 0 Å². The number of β-amino-alcohol motifs (C(OH)–C–C–N with tert-alkyl or cyclic N) is 1. The van der Waals surface area contributed by atoms with E-state index in [-0.39, 0.29) is 0 Å². The summed E-state index contributed by atoms with van der Waals surface area (Å²) >= 11 is 0. The summed E-state index contributed by atoms with van der Waals surface area (Å²) in [7, 11) is 0. The molecule has 0 radical (unpaired) electrons. The topological polar surface area (TPSA) is 32.7 Å². The minimum atomic E-state index is -0.393. The van der Waals surface area contributed by atoms with Crippen LogP contribution in [0.15, 0.2) is 24.3 Å².